The molecular formula is C21H27NO4S. The van der Waals surface area contributed by atoms with Gasteiger partial charge in [-0.25, -0.2) is 0 Å². The Morgan fingerprint density at radius 3 is 2.30 bits per heavy atom. The van der Waals surface area contributed by atoms with Crippen LogP contribution in [0.2, 0.25) is 0 Å². The molecule has 0 fully saturated rings. The largest absolute Gasteiger partial charge is 0.453 e. The van der Waals surface area contributed by atoms with Gasteiger partial charge in [0.25, 0.3) is 10.1 Å². The van der Waals surface area contributed by atoms with Gasteiger partial charge in [0.15, 0.2) is 11.5 Å². The second-order valence-corrected chi connectivity index (χ2v) is 8.37. The van der Waals surface area contributed by atoms with Crippen molar-refractivity contribution in [2.24, 2.45) is 0 Å². The number of hydrogen-bond donors (Lipinski definition) is 0. The number of hydrogen-bond acceptors (Lipinski definition) is 5. The average molecular weight is 390 g/mol. The highest BCUT2D eigenvalue weighted by Crippen LogP contribution is 2.49. The van der Waals surface area contributed by atoms with Crippen molar-refractivity contribution in [2.45, 2.75) is 53.4 Å². The van der Waals surface area contributed by atoms with E-state index in [1.807, 2.05) is 38.1 Å². The molecule has 5 nitrogen and oxygen atoms in total. The van der Waals surface area contributed by atoms with E-state index in [0.717, 1.165) is 36.0 Å². The highest BCUT2D eigenvalue weighted by molar-refractivity contribution is 7.86. The number of aryl methyl sites for hydroxylation is 3. The van der Waals surface area contributed by atoms with Gasteiger partial charge in [-0.3, -0.25) is 0 Å². The van der Waals surface area contributed by atoms with Crippen molar-refractivity contribution in [1.82, 2.24) is 0 Å². The molecule has 0 radical (unpaired) electrons. The normalized spacial score (nSPS) is 13.1. The number of rotatable bonds is 7. The van der Waals surface area contributed by atoms with Crippen LogP contribution in [0.5, 0.6) is 11.5 Å². The van der Waals surface area contributed by atoms with Crippen LogP contribution in [-0.4, -0.2) is 14.2 Å². The molecule has 27 heavy (non-hydrogen) atoms. The summed E-state index contributed by atoms with van der Waals surface area (Å²) < 4.78 is 36.7. The minimum Gasteiger partial charge on any atom is -0.453 e. The number of ether oxygens (including phenoxy) is 1. The molecule has 2 aromatic rings. The van der Waals surface area contributed by atoms with Gasteiger partial charge in [0.2, 0.25) is 0 Å². The highest BCUT2D eigenvalue weighted by atomic mass is 32.2. The topological polar surface area (TPSA) is 55.8 Å². The summed E-state index contributed by atoms with van der Waals surface area (Å²) in [6.45, 7) is 8.02. The van der Waals surface area contributed by atoms with Crippen LogP contribution in [0.3, 0.4) is 0 Å². The predicted molar refractivity (Wildman–Crippen MR) is 108 cm³/mol. The van der Waals surface area contributed by atoms with Crippen molar-refractivity contribution in [1.29, 1.82) is 0 Å². The van der Waals surface area contributed by atoms with Gasteiger partial charge in [0.05, 0.1) is 5.75 Å². The fourth-order valence-electron chi connectivity index (χ4n) is 3.26. The zero-order chi connectivity index (χ0) is 19.6. The van der Waals surface area contributed by atoms with Crippen LogP contribution in [0.1, 0.15) is 50.8 Å². The van der Waals surface area contributed by atoms with Gasteiger partial charge in [-0.05, 0) is 60.6 Å². The Balaban J connectivity index is 2.20. The fourth-order valence-corrected chi connectivity index (χ4v) is 4.21. The Labute approximate surface area is 162 Å². The SMILES string of the molecule is CCCS(=O)(=O)ON1c2cc(CC)ccc2Oc2cc(CC)cc(CC)c21. The lowest BCUT2D eigenvalue weighted by molar-refractivity contribution is 0.307. The Morgan fingerprint density at radius 1 is 0.926 bits per heavy atom. The van der Waals surface area contributed by atoms with E-state index in [9.17, 15) is 8.42 Å². The van der Waals surface area contributed by atoms with E-state index in [0.29, 0.717) is 29.3 Å². The summed E-state index contributed by atoms with van der Waals surface area (Å²) in [5.41, 5.74) is 4.54. The van der Waals surface area contributed by atoms with Gasteiger partial charge in [-0.2, -0.15) is 13.5 Å². The smallest absolute Gasteiger partial charge is 0.288 e. The van der Waals surface area contributed by atoms with E-state index in [4.69, 9.17) is 9.02 Å². The average Bonchev–Trinajstić information content (AvgIpc) is 2.66. The van der Waals surface area contributed by atoms with Gasteiger partial charge in [0.1, 0.15) is 11.4 Å². The molecule has 3 rings (SSSR count). The van der Waals surface area contributed by atoms with Crippen LogP contribution in [0.25, 0.3) is 0 Å². The van der Waals surface area contributed by atoms with Gasteiger partial charge in [-0.15, -0.1) is 4.28 Å². The van der Waals surface area contributed by atoms with Crippen molar-refractivity contribution in [3.8, 4) is 11.5 Å². The number of anilines is 2. The maximum absolute atomic E-state index is 12.5. The molecule has 0 saturated carbocycles. The van der Waals surface area contributed by atoms with E-state index < -0.39 is 10.1 Å². The minimum absolute atomic E-state index is 0.0308. The molecule has 0 unspecified atom stereocenters. The van der Waals surface area contributed by atoms with E-state index in [1.54, 1.807) is 0 Å². The summed E-state index contributed by atoms with van der Waals surface area (Å²) in [6, 6.07) is 9.87. The third kappa shape index (κ3) is 3.96. The van der Waals surface area contributed by atoms with Crippen molar-refractivity contribution in [3.63, 3.8) is 0 Å². The third-order valence-electron chi connectivity index (χ3n) is 4.72. The number of benzene rings is 2. The molecule has 2 aromatic carbocycles. The Kier molecular flexibility index (Phi) is 5.77. The monoisotopic (exact) mass is 389 g/mol. The second kappa shape index (κ2) is 7.90. The van der Waals surface area contributed by atoms with Crippen LogP contribution in [0.4, 0.5) is 11.4 Å². The summed E-state index contributed by atoms with van der Waals surface area (Å²) in [4.78, 5) is 0. The van der Waals surface area contributed by atoms with Crippen molar-refractivity contribution in [2.75, 3.05) is 10.8 Å². The first-order chi connectivity index (χ1) is 12.9. The Morgan fingerprint density at radius 2 is 1.67 bits per heavy atom. The van der Waals surface area contributed by atoms with Gasteiger partial charge in [-0.1, -0.05) is 39.8 Å². The van der Waals surface area contributed by atoms with Crippen LogP contribution >= 0.6 is 0 Å². The maximum atomic E-state index is 12.5. The lowest BCUT2D eigenvalue weighted by Crippen LogP contribution is -2.28. The van der Waals surface area contributed by atoms with Gasteiger partial charge in [0, 0.05) is 0 Å². The van der Waals surface area contributed by atoms with E-state index >= 15 is 0 Å². The van der Waals surface area contributed by atoms with E-state index in [2.05, 4.69) is 19.9 Å². The molecular weight excluding hydrogens is 362 g/mol. The van der Waals surface area contributed by atoms with Crippen molar-refractivity contribution in [3.05, 3.63) is 47.0 Å². The van der Waals surface area contributed by atoms with Crippen LogP contribution in [0.15, 0.2) is 30.3 Å². The number of nitrogens with zero attached hydrogens (tertiary/aromatic N) is 1. The molecule has 6 heteroatoms. The Hall–Kier alpha value is -2.05. The zero-order valence-electron chi connectivity index (χ0n) is 16.4. The molecule has 0 bridgehead atoms. The molecule has 1 heterocycles. The molecule has 0 spiro atoms. The van der Waals surface area contributed by atoms with Crippen LogP contribution in [0, 0.1) is 0 Å². The molecule has 0 atom stereocenters. The van der Waals surface area contributed by atoms with Crippen molar-refractivity contribution >= 4 is 21.5 Å². The molecule has 146 valence electrons. The van der Waals surface area contributed by atoms with Crippen molar-refractivity contribution < 1.29 is 17.4 Å². The summed E-state index contributed by atoms with van der Waals surface area (Å²) in [7, 11) is -3.71. The van der Waals surface area contributed by atoms with Crippen LogP contribution < -0.4 is 9.80 Å². The third-order valence-corrected chi connectivity index (χ3v) is 6.00. The van der Waals surface area contributed by atoms with E-state index in [-0.39, 0.29) is 5.75 Å². The van der Waals surface area contributed by atoms with E-state index in [1.165, 1.54) is 5.06 Å². The minimum atomic E-state index is -3.71. The Bertz CT molecular complexity index is 937. The predicted octanol–water partition coefficient (Wildman–Crippen LogP) is 5.29. The maximum Gasteiger partial charge on any atom is 0.288 e. The quantitative estimate of drug-likeness (QED) is 0.644. The van der Waals surface area contributed by atoms with Gasteiger partial charge >= 0.3 is 0 Å². The second-order valence-electron chi connectivity index (χ2n) is 6.70. The summed E-state index contributed by atoms with van der Waals surface area (Å²) in [6.07, 6.45) is 2.96. The summed E-state index contributed by atoms with van der Waals surface area (Å²) >= 11 is 0. The number of fused-ring (bicyclic) bond motifs is 2. The first kappa shape index (κ1) is 19.7. The summed E-state index contributed by atoms with van der Waals surface area (Å²) in [5.74, 6) is 1.20. The zero-order valence-corrected chi connectivity index (χ0v) is 17.2. The lowest BCUT2D eigenvalue weighted by atomic mass is 10.0. The molecule has 0 aromatic heterocycles. The molecule has 1 aliphatic rings. The summed E-state index contributed by atoms with van der Waals surface area (Å²) in [5, 5.41) is 1.45. The standard InChI is InChI=1S/C21H27NO4S/c1-5-11-27(23,24)26-22-18-13-15(6-2)9-10-19(18)25-20-14-16(7-3)12-17(8-4)21(20)22/h9-10,12-14H,5-8,11H2,1-4H3. The fraction of sp³-hybridized carbons (Fsp3) is 0.429. The molecule has 0 aliphatic carbocycles. The molecule has 0 saturated heterocycles. The van der Waals surface area contributed by atoms with Crippen LogP contribution in [-0.2, 0) is 33.7 Å². The van der Waals surface area contributed by atoms with Gasteiger partial charge < -0.3 is 4.74 Å². The lowest BCUT2D eigenvalue weighted by Gasteiger charge is -2.33. The highest BCUT2D eigenvalue weighted by Gasteiger charge is 2.31. The first-order valence-electron chi connectivity index (χ1n) is 9.61. The molecule has 1 aliphatic heterocycles. The first-order valence-corrected chi connectivity index (χ1v) is 11.2. The molecule has 0 N–H and O–H groups in total. The molecule has 0 amide bonds.